The molecule has 0 saturated carbocycles. The smallest absolute Gasteiger partial charge is 0.339 e. The van der Waals surface area contributed by atoms with Gasteiger partial charge in [-0.3, -0.25) is 4.79 Å². The van der Waals surface area contributed by atoms with E-state index in [1.165, 1.54) is 6.42 Å². The molecule has 1 unspecified atom stereocenters. The Bertz CT molecular complexity index is 877. The van der Waals surface area contributed by atoms with Crippen LogP contribution < -0.4 is 10.2 Å². The van der Waals surface area contributed by atoms with E-state index >= 15 is 0 Å². The fraction of sp³-hybridized carbons (Fsp3) is 0.333. The number of rotatable bonds is 3. The van der Waals surface area contributed by atoms with Crippen LogP contribution in [0.4, 0.5) is 11.4 Å². The van der Waals surface area contributed by atoms with Gasteiger partial charge in [-0.2, -0.15) is 0 Å². The molecule has 2 heterocycles. The molecule has 1 saturated heterocycles. The predicted octanol–water partition coefficient (Wildman–Crippen LogP) is 4.05. The highest BCUT2D eigenvalue weighted by atomic mass is 35.5. The number of cyclic esters (lactones) is 1. The van der Waals surface area contributed by atoms with Gasteiger partial charge in [0.15, 0.2) is 6.10 Å². The minimum Gasteiger partial charge on any atom is -0.448 e. The molecule has 0 bridgehead atoms. The van der Waals surface area contributed by atoms with Gasteiger partial charge in [0.2, 0.25) is 0 Å². The molecule has 2 aromatic carbocycles. The van der Waals surface area contributed by atoms with Crippen LogP contribution in [0.5, 0.6) is 0 Å². The van der Waals surface area contributed by atoms with Gasteiger partial charge in [-0.15, -0.1) is 0 Å². The summed E-state index contributed by atoms with van der Waals surface area (Å²) in [6.45, 7) is 1.91. The van der Waals surface area contributed by atoms with Crippen molar-refractivity contribution in [2.75, 3.05) is 23.3 Å². The molecule has 1 N–H and O–H groups in total. The minimum absolute atomic E-state index is 0.335. The average Bonchev–Trinajstić information content (AvgIpc) is 2.69. The fourth-order valence-corrected chi connectivity index (χ4v) is 3.88. The van der Waals surface area contributed by atoms with E-state index in [0.29, 0.717) is 22.7 Å². The third-order valence-corrected chi connectivity index (χ3v) is 5.33. The van der Waals surface area contributed by atoms with Gasteiger partial charge in [-0.25, -0.2) is 4.79 Å². The van der Waals surface area contributed by atoms with Gasteiger partial charge in [0, 0.05) is 24.5 Å². The molecule has 2 aromatic rings. The van der Waals surface area contributed by atoms with Gasteiger partial charge < -0.3 is 15.0 Å². The second-order valence-electron chi connectivity index (χ2n) is 6.95. The summed E-state index contributed by atoms with van der Waals surface area (Å²) in [7, 11) is 0. The maximum absolute atomic E-state index is 12.8. The van der Waals surface area contributed by atoms with Gasteiger partial charge in [-0.1, -0.05) is 29.8 Å². The van der Waals surface area contributed by atoms with Gasteiger partial charge in [0.1, 0.15) is 0 Å². The summed E-state index contributed by atoms with van der Waals surface area (Å²) in [5, 5.41) is 3.48. The number of carbonyl (C=O) groups is 2. The molecular weight excluding hydrogens is 364 g/mol. The van der Waals surface area contributed by atoms with Crippen LogP contribution in [0.25, 0.3) is 0 Å². The first-order valence-corrected chi connectivity index (χ1v) is 9.64. The summed E-state index contributed by atoms with van der Waals surface area (Å²) in [5.74, 6) is -0.794. The molecule has 0 spiro atoms. The average molecular weight is 385 g/mol. The summed E-state index contributed by atoms with van der Waals surface area (Å²) >= 11 is 6.16. The van der Waals surface area contributed by atoms with Gasteiger partial charge >= 0.3 is 5.97 Å². The van der Waals surface area contributed by atoms with Gasteiger partial charge in [0.25, 0.3) is 5.91 Å². The first kappa shape index (κ1) is 17.9. The zero-order chi connectivity index (χ0) is 18.8. The van der Waals surface area contributed by atoms with Crippen molar-refractivity contribution in [2.45, 2.75) is 31.8 Å². The number of nitrogens with one attached hydrogen (secondary N) is 1. The van der Waals surface area contributed by atoms with Crippen molar-refractivity contribution in [1.29, 1.82) is 0 Å². The molecule has 0 aromatic heterocycles. The predicted molar refractivity (Wildman–Crippen MR) is 105 cm³/mol. The summed E-state index contributed by atoms with van der Waals surface area (Å²) in [5.41, 5.74) is 2.97. The molecule has 27 heavy (non-hydrogen) atoms. The van der Waals surface area contributed by atoms with E-state index in [1.807, 2.05) is 24.3 Å². The van der Waals surface area contributed by atoms with Crippen LogP contribution in [0.15, 0.2) is 42.5 Å². The lowest BCUT2D eigenvalue weighted by molar-refractivity contribution is -0.125. The second kappa shape index (κ2) is 7.61. The topological polar surface area (TPSA) is 58.6 Å². The molecule has 1 amide bonds. The van der Waals surface area contributed by atoms with Crippen LogP contribution >= 0.6 is 11.6 Å². The molecule has 1 fully saturated rings. The standard InChI is InChI=1S/C21H21ClN2O3/c22-15-8-9-18(24-10-4-1-5-11-24)17(13-15)23-20(25)19-12-14-6-2-3-7-16(14)21(26)27-19/h2-3,6-9,13,19H,1,4-5,10-12H2,(H,23,25). The Morgan fingerprint density at radius 3 is 2.70 bits per heavy atom. The Labute approximate surface area is 163 Å². The maximum Gasteiger partial charge on any atom is 0.339 e. The highest BCUT2D eigenvalue weighted by Crippen LogP contribution is 2.32. The highest BCUT2D eigenvalue weighted by Gasteiger charge is 2.31. The van der Waals surface area contributed by atoms with Crippen molar-refractivity contribution in [3.8, 4) is 0 Å². The number of piperidine rings is 1. The number of carbonyl (C=O) groups excluding carboxylic acids is 2. The fourth-order valence-electron chi connectivity index (χ4n) is 3.71. The molecule has 1 atom stereocenters. The van der Waals surface area contributed by atoms with E-state index in [9.17, 15) is 9.59 Å². The number of nitrogens with zero attached hydrogens (tertiary/aromatic N) is 1. The Morgan fingerprint density at radius 2 is 1.89 bits per heavy atom. The molecule has 0 aliphatic carbocycles. The first-order valence-electron chi connectivity index (χ1n) is 9.26. The highest BCUT2D eigenvalue weighted by molar-refractivity contribution is 6.31. The van der Waals surface area contributed by atoms with Gasteiger partial charge in [-0.05, 0) is 49.1 Å². The molecule has 2 aliphatic rings. The van der Waals surface area contributed by atoms with E-state index in [4.69, 9.17) is 16.3 Å². The molecule has 140 valence electrons. The Kier molecular flexibility index (Phi) is 5.03. The SMILES string of the molecule is O=C1OC(C(=O)Nc2cc(Cl)ccc2N2CCCCC2)Cc2ccccc21. The molecule has 2 aliphatic heterocycles. The van der Waals surface area contributed by atoms with Crippen molar-refractivity contribution >= 4 is 34.9 Å². The lowest BCUT2D eigenvalue weighted by atomic mass is 9.98. The largest absolute Gasteiger partial charge is 0.448 e. The molecule has 5 nitrogen and oxygen atoms in total. The van der Waals surface area contributed by atoms with Crippen molar-refractivity contribution in [3.05, 3.63) is 58.6 Å². The van der Waals surface area contributed by atoms with E-state index in [0.717, 1.165) is 37.2 Å². The van der Waals surface area contributed by atoms with Crippen LogP contribution in [0, 0.1) is 0 Å². The van der Waals surface area contributed by atoms with Gasteiger partial charge in [0.05, 0.1) is 16.9 Å². The quantitative estimate of drug-likeness (QED) is 0.811. The minimum atomic E-state index is -0.847. The van der Waals surface area contributed by atoms with Crippen LogP contribution in [0.3, 0.4) is 0 Å². The van der Waals surface area contributed by atoms with E-state index in [1.54, 1.807) is 18.2 Å². The number of amides is 1. The molecular formula is C21H21ClN2O3. The number of fused-ring (bicyclic) bond motifs is 1. The van der Waals surface area contributed by atoms with E-state index in [2.05, 4.69) is 10.2 Å². The monoisotopic (exact) mass is 384 g/mol. The van der Waals surface area contributed by atoms with E-state index in [-0.39, 0.29) is 5.91 Å². The number of anilines is 2. The van der Waals surface area contributed by atoms with Crippen LogP contribution in [-0.2, 0) is 16.0 Å². The first-order chi connectivity index (χ1) is 13.1. The number of hydrogen-bond acceptors (Lipinski definition) is 4. The van der Waals surface area contributed by atoms with Crippen LogP contribution in [0.2, 0.25) is 5.02 Å². The zero-order valence-electron chi connectivity index (χ0n) is 14.9. The summed E-state index contributed by atoms with van der Waals surface area (Å²) in [4.78, 5) is 27.3. The van der Waals surface area contributed by atoms with Crippen molar-refractivity contribution in [1.82, 2.24) is 0 Å². The van der Waals surface area contributed by atoms with Crippen LogP contribution in [-0.4, -0.2) is 31.1 Å². The second-order valence-corrected chi connectivity index (χ2v) is 7.39. The third kappa shape index (κ3) is 3.78. The number of ether oxygens (including phenoxy) is 1. The molecule has 6 heteroatoms. The van der Waals surface area contributed by atoms with Crippen molar-refractivity contribution in [3.63, 3.8) is 0 Å². The lowest BCUT2D eigenvalue weighted by Crippen LogP contribution is -2.38. The van der Waals surface area contributed by atoms with Crippen LogP contribution in [0.1, 0.15) is 35.2 Å². The zero-order valence-corrected chi connectivity index (χ0v) is 15.7. The third-order valence-electron chi connectivity index (χ3n) is 5.10. The maximum atomic E-state index is 12.8. The Balaban J connectivity index is 1.55. The summed E-state index contributed by atoms with van der Waals surface area (Å²) in [6, 6.07) is 12.7. The van der Waals surface area contributed by atoms with Crippen molar-refractivity contribution in [2.24, 2.45) is 0 Å². The lowest BCUT2D eigenvalue weighted by Gasteiger charge is -2.31. The normalized spacial score (nSPS) is 19.2. The number of benzene rings is 2. The number of esters is 1. The Morgan fingerprint density at radius 1 is 1.11 bits per heavy atom. The van der Waals surface area contributed by atoms with Crippen molar-refractivity contribution < 1.29 is 14.3 Å². The number of halogens is 1. The Hall–Kier alpha value is -2.53. The summed E-state index contributed by atoms with van der Waals surface area (Å²) < 4.78 is 5.36. The number of hydrogen-bond donors (Lipinski definition) is 1. The molecule has 0 radical (unpaired) electrons. The molecule has 4 rings (SSSR count). The van der Waals surface area contributed by atoms with E-state index < -0.39 is 12.1 Å². The summed E-state index contributed by atoms with van der Waals surface area (Å²) in [6.07, 6.45) is 3.01.